The van der Waals surface area contributed by atoms with Gasteiger partial charge >= 0.3 is 0 Å². The first-order valence-electron chi connectivity index (χ1n) is 15.8. The standard InChI is InChI=1S/C38H28ClFN6O3S3/c39-32-16-7-8-17-33(32)44-52(48,49)31-15-9-12-28(22-31)36-42-43-38(46(36)30-13-5-2-6-14-30)51-25-35(47)45(23-26-18-20-29(40)21-19-26)37-41-34(24-50-37)27-10-3-1-4-11-27/h1-22,24,44H,23,25H2. The monoisotopic (exact) mass is 766 g/mol. The van der Waals surface area contributed by atoms with Crippen LogP contribution >= 0.6 is 34.7 Å². The lowest BCUT2D eigenvalue weighted by atomic mass is 10.2. The van der Waals surface area contributed by atoms with Crippen LogP contribution in [0.4, 0.5) is 15.2 Å². The Morgan fingerprint density at radius 1 is 0.846 bits per heavy atom. The minimum Gasteiger partial charge on any atom is -0.283 e. The summed E-state index contributed by atoms with van der Waals surface area (Å²) in [7, 11) is -4.01. The molecule has 14 heteroatoms. The van der Waals surface area contributed by atoms with Crippen molar-refractivity contribution >= 4 is 61.4 Å². The molecule has 0 saturated heterocycles. The third-order valence-electron chi connectivity index (χ3n) is 7.84. The molecule has 7 rings (SSSR count). The lowest BCUT2D eigenvalue weighted by molar-refractivity contribution is -0.116. The maximum absolute atomic E-state index is 14.0. The summed E-state index contributed by atoms with van der Waals surface area (Å²) < 4.78 is 44.9. The first-order valence-corrected chi connectivity index (χ1v) is 19.5. The Balaban J connectivity index is 1.19. The number of hydrogen-bond acceptors (Lipinski definition) is 8. The average Bonchev–Trinajstić information content (AvgIpc) is 3.84. The largest absolute Gasteiger partial charge is 0.283 e. The van der Waals surface area contributed by atoms with Crippen molar-refractivity contribution in [1.29, 1.82) is 0 Å². The van der Waals surface area contributed by atoms with Crippen molar-refractivity contribution in [3.63, 3.8) is 0 Å². The summed E-state index contributed by atoms with van der Waals surface area (Å²) in [6.07, 6.45) is 0. The Hall–Kier alpha value is -5.34. The number of halogens is 2. The van der Waals surface area contributed by atoms with Crippen molar-refractivity contribution in [2.24, 2.45) is 0 Å². The molecule has 0 bridgehead atoms. The van der Waals surface area contributed by atoms with E-state index in [1.165, 1.54) is 47.4 Å². The van der Waals surface area contributed by atoms with Gasteiger partial charge in [-0.25, -0.2) is 17.8 Å². The SMILES string of the molecule is O=C(CSc1nnc(-c2cccc(S(=O)(=O)Nc3ccccc3Cl)c2)n1-c1ccccc1)N(Cc1ccc(F)cc1)c1nc(-c2ccccc2)cs1. The Morgan fingerprint density at radius 2 is 1.54 bits per heavy atom. The maximum Gasteiger partial charge on any atom is 0.261 e. The van der Waals surface area contributed by atoms with Gasteiger partial charge in [0.15, 0.2) is 16.1 Å². The zero-order valence-corrected chi connectivity index (χ0v) is 30.3. The predicted molar refractivity (Wildman–Crippen MR) is 205 cm³/mol. The Morgan fingerprint density at radius 3 is 2.29 bits per heavy atom. The predicted octanol–water partition coefficient (Wildman–Crippen LogP) is 8.98. The molecule has 0 unspecified atom stereocenters. The molecule has 7 aromatic rings. The molecule has 0 saturated carbocycles. The van der Waals surface area contributed by atoms with Crippen LogP contribution < -0.4 is 9.62 Å². The van der Waals surface area contributed by atoms with Crippen LogP contribution in [0, 0.1) is 5.82 Å². The van der Waals surface area contributed by atoms with Crippen LogP contribution in [-0.4, -0.2) is 39.8 Å². The minimum absolute atomic E-state index is 0.00617. The van der Waals surface area contributed by atoms with Gasteiger partial charge in [-0.3, -0.25) is 19.0 Å². The number of rotatable bonds is 12. The van der Waals surface area contributed by atoms with Crippen molar-refractivity contribution < 1.29 is 17.6 Å². The molecule has 0 spiro atoms. The van der Waals surface area contributed by atoms with Gasteiger partial charge in [0.05, 0.1) is 33.6 Å². The van der Waals surface area contributed by atoms with Crippen LogP contribution in [0.3, 0.4) is 0 Å². The molecule has 260 valence electrons. The summed E-state index contributed by atoms with van der Waals surface area (Å²) in [5.41, 5.74) is 3.87. The number of para-hydroxylation sites is 2. The quantitative estimate of drug-likeness (QED) is 0.124. The van der Waals surface area contributed by atoms with E-state index in [1.807, 2.05) is 66.0 Å². The van der Waals surface area contributed by atoms with Gasteiger partial charge < -0.3 is 0 Å². The topological polar surface area (TPSA) is 110 Å². The van der Waals surface area contributed by atoms with E-state index in [1.54, 1.807) is 58.0 Å². The Bertz CT molecular complexity index is 2440. The van der Waals surface area contributed by atoms with Gasteiger partial charge in [-0.2, -0.15) is 0 Å². The van der Waals surface area contributed by atoms with Gasteiger partial charge in [-0.15, -0.1) is 21.5 Å². The summed E-state index contributed by atoms with van der Waals surface area (Å²) in [6.45, 7) is 0.182. The van der Waals surface area contributed by atoms with E-state index in [4.69, 9.17) is 16.6 Å². The molecule has 1 N–H and O–H groups in total. The fraction of sp³-hybridized carbons (Fsp3) is 0.0526. The van der Waals surface area contributed by atoms with Crippen LogP contribution in [0.25, 0.3) is 28.3 Å². The number of carbonyl (C=O) groups is 1. The highest BCUT2D eigenvalue weighted by molar-refractivity contribution is 7.99. The molecule has 0 aliphatic carbocycles. The molecule has 2 heterocycles. The normalized spacial score (nSPS) is 11.3. The van der Waals surface area contributed by atoms with Crippen molar-refractivity contribution in [3.05, 3.63) is 155 Å². The molecule has 0 aliphatic rings. The Labute approximate surface area is 312 Å². The van der Waals surface area contributed by atoms with Crippen LogP contribution in [0.2, 0.25) is 5.02 Å². The van der Waals surface area contributed by atoms with E-state index in [2.05, 4.69) is 14.9 Å². The molecule has 5 aromatic carbocycles. The number of amides is 1. The Kier molecular flexibility index (Phi) is 10.5. The van der Waals surface area contributed by atoms with Crippen LogP contribution in [0.5, 0.6) is 0 Å². The third kappa shape index (κ3) is 7.92. The average molecular weight is 767 g/mol. The lowest BCUT2D eigenvalue weighted by Crippen LogP contribution is -2.32. The van der Waals surface area contributed by atoms with Crippen molar-refractivity contribution in [2.45, 2.75) is 16.6 Å². The number of hydrogen-bond donors (Lipinski definition) is 1. The number of thiazole rings is 1. The second-order valence-electron chi connectivity index (χ2n) is 11.4. The number of nitrogens with one attached hydrogen (secondary N) is 1. The van der Waals surface area contributed by atoms with Gasteiger partial charge in [-0.05, 0) is 54.1 Å². The van der Waals surface area contributed by atoms with Gasteiger partial charge in [0.2, 0.25) is 5.91 Å². The highest BCUT2D eigenvalue weighted by Gasteiger charge is 2.24. The van der Waals surface area contributed by atoms with E-state index >= 15 is 0 Å². The highest BCUT2D eigenvalue weighted by atomic mass is 35.5. The third-order valence-corrected chi connectivity index (χ3v) is 11.3. The molecule has 52 heavy (non-hydrogen) atoms. The molecule has 1 amide bonds. The summed E-state index contributed by atoms with van der Waals surface area (Å²) in [5, 5.41) is 12.0. The molecule has 9 nitrogen and oxygen atoms in total. The van der Waals surface area contributed by atoms with Gasteiger partial charge in [0.1, 0.15) is 5.82 Å². The van der Waals surface area contributed by atoms with Gasteiger partial charge in [-0.1, -0.05) is 108 Å². The molecular weight excluding hydrogens is 739 g/mol. The molecule has 0 radical (unpaired) electrons. The number of anilines is 2. The lowest BCUT2D eigenvalue weighted by Gasteiger charge is -2.20. The molecule has 2 aromatic heterocycles. The number of carbonyl (C=O) groups excluding carboxylic acids is 1. The molecule has 0 fully saturated rings. The number of thioether (sulfide) groups is 1. The summed E-state index contributed by atoms with van der Waals surface area (Å²) in [4.78, 5) is 20.4. The summed E-state index contributed by atoms with van der Waals surface area (Å²) >= 11 is 8.75. The number of nitrogens with zero attached hydrogens (tertiary/aromatic N) is 5. The van der Waals surface area contributed by atoms with E-state index < -0.39 is 10.0 Å². The van der Waals surface area contributed by atoms with Crippen LogP contribution in [0.15, 0.2) is 149 Å². The fourth-order valence-corrected chi connectivity index (χ4v) is 8.32. The fourth-order valence-electron chi connectivity index (χ4n) is 5.28. The zero-order valence-electron chi connectivity index (χ0n) is 27.1. The van der Waals surface area contributed by atoms with Gasteiger partial charge in [0, 0.05) is 22.2 Å². The van der Waals surface area contributed by atoms with Crippen LogP contribution in [-0.2, 0) is 21.4 Å². The summed E-state index contributed by atoms with van der Waals surface area (Å²) in [5.74, 6) is -0.255. The number of aromatic nitrogens is 4. The molecule has 0 aliphatic heterocycles. The number of benzene rings is 5. The van der Waals surface area contributed by atoms with Crippen molar-refractivity contribution in [2.75, 3.05) is 15.4 Å². The highest BCUT2D eigenvalue weighted by Crippen LogP contribution is 2.33. The van der Waals surface area contributed by atoms with E-state index in [9.17, 15) is 17.6 Å². The second kappa shape index (κ2) is 15.5. The van der Waals surface area contributed by atoms with E-state index in [0.29, 0.717) is 21.7 Å². The van der Waals surface area contributed by atoms with Crippen molar-refractivity contribution in [1.82, 2.24) is 19.7 Å². The smallest absolute Gasteiger partial charge is 0.261 e. The molecule has 0 atom stereocenters. The second-order valence-corrected chi connectivity index (χ2v) is 15.2. The van der Waals surface area contributed by atoms with Gasteiger partial charge in [0.25, 0.3) is 10.0 Å². The first kappa shape index (κ1) is 35.1. The number of sulfonamides is 1. The minimum atomic E-state index is -4.01. The van der Waals surface area contributed by atoms with E-state index in [0.717, 1.165) is 22.5 Å². The van der Waals surface area contributed by atoms with E-state index in [-0.39, 0.29) is 39.6 Å². The maximum atomic E-state index is 14.0. The zero-order chi connectivity index (χ0) is 36.1. The van der Waals surface area contributed by atoms with Crippen molar-refractivity contribution in [3.8, 4) is 28.3 Å². The first-order chi connectivity index (χ1) is 25.2. The van der Waals surface area contributed by atoms with Crippen LogP contribution in [0.1, 0.15) is 5.56 Å². The summed E-state index contributed by atoms with van der Waals surface area (Å²) in [6, 6.07) is 38.0. The molecular formula is C38H28ClFN6O3S3.